The Labute approximate surface area is 425 Å². The van der Waals surface area contributed by atoms with E-state index in [1.807, 2.05) is 0 Å². The van der Waals surface area contributed by atoms with Gasteiger partial charge < -0.3 is 109 Å². The molecular formula is C51H82O22. The molecule has 9 fully saturated rings. The summed E-state index contributed by atoms with van der Waals surface area (Å²) < 4.78 is 61.8. The van der Waals surface area contributed by atoms with Gasteiger partial charge in [0.15, 0.2) is 30.9 Å². The van der Waals surface area contributed by atoms with Gasteiger partial charge in [0.2, 0.25) is 0 Å². The van der Waals surface area contributed by atoms with Crippen molar-refractivity contribution in [2.45, 2.75) is 233 Å². The minimum absolute atomic E-state index is 0.0914. The van der Waals surface area contributed by atoms with E-state index >= 15 is 0 Å². The van der Waals surface area contributed by atoms with Crippen LogP contribution in [0.25, 0.3) is 0 Å². The molecule has 10 aliphatic rings. The van der Waals surface area contributed by atoms with E-state index in [0.717, 1.165) is 51.6 Å². The molecule has 0 bridgehead atoms. The molecule has 4 aliphatic carbocycles. The molecular weight excluding hydrogens is 965 g/mol. The lowest BCUT2D eigenvalue weighted by molar-refractivity contribution is -0.396. The highest BCUT2D eigenvalue weighted by molar-refractivity contribution is 5.26. The van der Waals surface area contributed by atoms with Crippen LogP contribution >= 0.6 is 0 Å². The fourth-order valence-corrected chi connectivity index (χ4v) is 15.5. The standard InChI is InChI=1S/C51H82O22/c1-20-8-13-51(64-19-20)21(2)32-28(73-51)15-27-25-7-6-23-14-24(9-11-49(23,4)26(25)10-12-50(27,32)5)66-48-44(72-45-38(60)36(58)33(55)22(3)65-45)40(62)42(31(18-54)69-48)70-47-41(63)43(35(57)30(17-53)68-47)71-46-39(61)37(59)34(56)29(16-52)67-46/h6,20-22,24-48,52-63H,7-19H2,1-5H3/t20-,21-,22-,24-,25-,26+,27+,28+,29+,30+,31+,32+,33-,34+,35+,36+,37-,38+,39+,40-,41+,42+,43-,44+,45-,46-,47-,48+,49-,50-,51-/m0/s1. The molecule has 0 aromatic rings. The molecule has 418 valence electrons. The van der Waals surface area contributed by atoms with Crippen LogP contribution in [0.3, 0.4) is 0 Å². The van der Waals surface area contributed by atoms with Crippen LogP contribution in [0.15, 0.2) is 11.6 Å². The number of fused-ring (bicyclic) bond motifs is 7. The zero-order valence-corrected chi connectivity index (χ0v) is 42.4. The first-order valence-corrected chi connectivity index (χ1v) is 26.9. The van der Waals surface area contributed by atoms with Gasteiger partial charge in [0.1, 0.15) is 91.6 Å². The first kappa shape index (κ1) is 55.2. The number of allylic oxidation sites excluding steroid dienone is 1. The number of hydrogen-bond donors (Lipinski definition) is 12. The summed E-state index contributed by atoms with van der Waals surface area (Å²) in [5.74, 6) is 2.32. The van der Waals surface area contributed by atoms with Gasteiger partial charge >= 0.3 is 0 Å². The van der Waals surface area contributed by atoms with Crippen LogP contribution in [0, 0.1) is 46.3 Å². The van der Waals surface area contributed by atoms with Crippen molar-refractivity contribution in [3.63, 3.8) is 0 Å². The molecule has 6 heterocycles. The van der Waals surface area contributed by atoms with Gasteiger partial charge in [-0.15, -0.1) is 0 Å². The fraction of sp³-hybridized carbons (Fsp3) is 0.961. The fourth-order valence-electron chi connectivity index (χ4n) is 15.5. The predicted octanol–water partition coefficient (Wildman–Crippen LogP) is -1.96. The van der Waals surface area contributed by atoms with Crippen molar-refractivity contribution in [2.75, 3.05) is 26.4 Å². The van der Waals surface area contributed by atoms with E-state index in [1.165, 1.54) is 12.5 Å². The molecule has 6 saturated heterocycles. The number of rotatable bonds is 11. The monoisotopic (exact) mass is 1050 g/mol. The highest BCUT2D eigenvalue weighted by Gasteiger charge is 2.69. The van der Waals surface area contributed by atoms with E-state index in [0.29, 0.717) is 48.3 Å². The zero-order chi connectivity index (χ0) is 52.2. The lowest BCUT2D eigenvalue weighted by Gasteiger charge is -2.59. The summed E-state index contributed by atoms with van der Waals surface area (Å²) >= 11 is 0. The van der Waals surface area contributed by atoms with E-state index < -0.39 is 155 Å². The quantitative estimate of drug-likeness (QED) is 0.1000. The topological polar surface area (TPSA) is 335 Å². The first-order chi connectivity index (χ1) is 34.7. The van der Waals surface area contributed by atoms with E-state index in [2.05, 4.69) is 33.8 Å². The average Bonchev–Trinajstić information content (AvgIpc) is 3.82. The molecule has 3 saturated carbocycles. The van der Waals surface area contributed by atoms with Crippen LogP contribution in [0.5, 0.6) is 0 Å². The van der Waals surface area contributed by atoms with Crippen LogP contribution in [-0.2, 0) is 47.4 Å². The summed E-state index contributed by atoms with van der Waals surface area (Å²) in [5.41, 5.74) is 1.35. The molecule has 10 rings (SSSR count). The molecule has 31 atom stereocenters. The van der Waals surface area contributed by atoms with Crippen LogP contribution in [0.4, 0.5) is 0 Å². The molecule has 22 nitrogen and oxygen atoms in total. The van der Waals surface area contributed by atoms with Crippen molar-refractivity contribution in [2.24, 2.45) is 46.3 Å². The highest BCUT2D eigenvalue weighted by atomic mass is 16.8. The largest absolute Gasteiger partial charge is 0.394 e. The van der Waals surface area contributed by atoms with Gasteiger partial charge in [-0.25, -0.2) is 0 Å². The molecule has 12 N–H and O–H groups in total. The SMILES string of the molecule is C[C@H]1CC[C@]2(OC1)O[C@@H]1C[C@@H]3[C@H]4CC=C5C[C@@H](O[C@@H]6O[C@H](CO)[C@@H](O[C@@H]7O[C@H](CO)[C@@H](O)[C@H](O[C@@H]8O[C@H](CO)[C@@H](O)[C@H](O)[C@H]8O)[C@H]7O)[C@H](O)[C@H]6O[C@@H]6O[C@@H](C)[C@H](O)[C@@H](O)[C@H]6O)CC[C@]5(C)[C@@H]4CC[C@]3(C)[C@@H]1[C@@H]2C. The molecule has 6 aliphatic heterocycles. The van der Waals surface area contributed by atoms with E-state index in [4.69, 9.17) is 47.4 Å². The Morgan fingerprint density at radius 2 is 1.19 bits per heavy atom. The number of aliphatic hydroxyl groups is 12. The van der Waals surface area contributed by atoms with Gasteiger partial charge in [0, 0.05) is 12.3 Å². The molecule has 1 spiro atoms. The maximum absolute atomic E-state index is 12.3. The Kier molecular flexibility index (Phi) is 16.0. The lowest BCUT2D eigenvalue weighted by Crippen LogP contribution is -2.68. The van der Waals surface area contributed by atoms with E-state index in [9.17, 15) is 61.3 Å². The minimum Gasteiger partial charge on any atom is -0.394 e. The molecule has 0 aromatic heterocycles. The highest BCUT2D eigenvalue weighted by Crippen LogP contribution is 2.71. The van der Waals surface area contributed by atoms with Crippen molar-refractivity contribution < 1.29 is 109 Å². The second-order valence-electron chi connectivity index (χ2n) is 23.9. The maximum Gasteiger partial charge on any atom is 0.187 e. The van der Waals surface area contributed by atoms with Crippen molar-refractivity contribution in [3.8, 4) is 0 Å². The van der Waals surface area contributed by atoms with Crippen LogP contribution in [-0.4, -0.2) is 229 Å². The Balaban J connectivity index is 0.857. The Morgan fingerprint density at radius 1 is 0.575 bits per heavy atom. The average molecular weight is 1050 g/mol. The second kappa shape index (κ2) is 21.2. The summed E-state index contributed by atoms with van der Waals surface area (Å²) in [5, 5.41) is 130. The van der Waals surface area contributed by atoms with Crippen LogP contribution in [0.2, 0.25) is 0 Å². The zero-order valence-electron chi connectivity index (χ0n) is 42.4. The van der Waals surface area contributed by atoms with Crippen molar-refractivity contribution in [3.05, 3.63) is 11.6 Å². The number of aliphatic hydroxyl groups excluding tert-OH is 12. The molecule has 22 heteroatoms. The van der Waals surface area contributed by atoms with Crippen LogP contribution in [0.1, 0.15) is 92.4 Å². The summed E-state index contributed by atoms with van der Waals surface area (Å²) in [6, 6.07) is 0. The maximum atomic E-state index is 12.3. The predicted molar refractivity (Wildman–Crippen MR) is 247 cm³/mol. The summed E-state index contributed by atoms with van der Waals surface area (Å²) in [4.78, 5) is 0. The Bertz CT molecular complexity index is 1920. The van der Waals surface area contributed by atoms with Crippen LogP contribution < -0.4 is 0 Å². The summed E-state index contributed by atoms with van der Waals surface area (Å²) in [6.07, 6.45) is -23.0. The van der Waals surface area contributed by atoms with Gasteiger partial charge in [-0.05, 0) is 98.7 Å². The van der Waals surface area contributed by atoms with Gasteiger partial charge in [0.25, 0.3) is 0 Å². The molecule has 0 radical (unpaired) electrons. The third-order valence-corrected chi connectivity index (χ3v) is 19.8. The minimum atomic E-state index is -2.00. The normalized spacial score (nSPS) is 57.1. The smallest absolute Gasteiger partial charge is 0.187 e. The van der Waals surface area contributed by atoms with Crippen molar-refractivity contribution in [1.29, 1.82) is 0 Å². The first-order valence-electron chi connectivity index (χ1n) is 26.9. The Hall–Kier alpha value is -1.14. The van der Waals surface area contributed by atoms with Gasteiger partial charge in [-0.2, -0.15) is 0 Å². The number of hydrogen-bond acceptors (Lipinski definition) is 22. The van der Waals surface area contributed by atoms with E-state index in [1.54, 1.807) is 0 Å². The van der Waals surface area contributed by atoms with Gasteiger partial charge in [-0.1, -0.05) is 39.3 Å². The van der Waals surface area contributed by atoms with Gasteiger partial charge in [0.05, 0.1) is 44.7 Å². The van der Waals surface area contributed by atoms with E-state index in [-0.39, 0.29) is 16.9 Å². The molecule has 73 heavy (non-hydrogen) atoms. The third kappa shape index (κ3) is 9.42. The Morgan fingerprint density at radius 3 is 1.86 bits per heavy atom. The molecule has 0 unspecified atom stereocenters. The third-order valence-electron chi connectivity index (χ3n) is 19.8. The lowest BCUT2D eigenvalue weighted by atomic mass is 9.47. The molecule has 0 aromatic carbocycles. The molecule has 0 amide bonds. The second-order valence-corrected chi connectivity index (χ2v) is 23.9. The van der Waals surface area contributed by atoms with Crippen molar-refractivity contribution in [1.82, 2.24) is 0 Å². The summed E-state index contributed by atoms with van der Waals surface area (Å²) in [6.45, 7) is 9.28. The number of ether oxygens (including phenoxy) is 10. The van der Waals surface area contributed by atoms with Gasteiger partial charge in [-0.3, -0.25) is 0 Å². The van der Waals surface area contributed by atoms with Crippen molar-refractivity contribution >= 4 is 0 Å². The summed E-state index contributed by atoms with van der Waals surface area (Å²) in [7, 11) is 0.